The maximum absolute atomic E-state index is 12.4. The summed E-state index contributed by atoms with van der Waals surface area (Å²) in [6.45, 7) is 0. The summed E-state index contributed by atoms with van der Waals surface area (Å²) < 4.78 is 6.50. The molecule has 0 aliphatic carbocycles. The Kier molecular flexibility index (Phi) is 3.35. The van der Waals surface area contributed by atoms with E-state index in [0.29, 0.717) is 17.2 Å². The average Bonchev–Trinajstić information content (AvgIpc) is 3.07. The molecule has 0 aliphatic rings. The van der Waals surface area contributed by atoms with Gasteiger partial charge in [0.05, 0.1) is 12.8 Å². The van der Waals surface area contributed by atoms with Crippen molar-refractivity contribution in [3.8, 4) is 28.3 Å². The van der Waals surface area contributed by atoms with Crippen LogP contribution in [0.3, 0.4) is 0 Å². The lowest BCUT2D eigenvalue weighted by atomic mass is 10.1. The lowest BCUT2D eigenvalue weighted by molar-refractivity contribution is 0.398. The van der Waals surface area contributed by atoms with Gasteiger partial charge in [-0.25, -0.2) is 14.5 Å². The summed E-state index contributed by atoms with van der Waals surface area (Å²) in [4.78, 5) is 21.2. The van der Waals surface area contributed by atoms with Crippen LogP contribution in [0.25, 0.3) is 28.0 Å². The predicted molar refractivity (Wildman–Crippen MR) is 91.0 cm³/mol. The molecule has 0 amide bonds. The molecule has 0 saturated heterocycles. The van der Waals surface area contributed by atoms with E-state index in [4.69, 9.17) is 4.74 Å². The molecule has 3 aromatic heterocycles. The van der Waals surface area contributed by atoms with Gasteiger partial charge >= 0.3 is 0 Å². The normalized spacial score (nSPS) is 10.9. The first-order valence-electron chi connectivity index (χ1n) is 7.43. The third-order valence-electron chi connectivity index (χ3n) is 3.82. The zero-order valence-electron chi connectivity index (χ0n) is 12.9. The summed E-state index contributed by atoms with van der Waals surface area (Å²) in [5.41, 5.74) is 3.60. The van der Waals surface area contributed by atoms with Crippen molar-refractivity contribution in [1.82, 2.24) is 19.6 Å². The van der Waals surface area contributed by atoms with Gasteiger partial charge in [-0.05, 0) is 6.07 Å². The molecule has 0 atom stereocenters. The molecule has 0 aliphatic heterocycles. The fraction of sp³-hybridized carbons (Fsp3) is 0.0556. The summed E-state index contributed by atoms with van der Waals surface area (Å²) >= 11 is 0. The highest BCUT2D eigenvalue weighted by atomic mass is 16.5. The molecule has 0 fully saturated rings. The van der Waals surface area contributed by atoms with Crippen LogP contribution >= 0.6 is 0 Å². The van der Waals surface area contributed by atoms with Crippen LogP contribution in [-0.4, -0.2) is 26.7 Å². The fourth-order valence-electron chi connectivity index (χ4n) is 2.61. The van der Waals surface area contributed by atoms with Crippen LogP contribution in [0.2, 0.25) is 0 Å². The van der Waals surface area contributed by atoms with Gasteiger partial charge in [0.15, 0.2) is 5.65 Å². The van der Waals surface area contributed by atoms with Crippen LogP contribution in [0.1, 0.15) is 0 Å². The molecular weight excluding hydrogens is 304 g/mol. The summed E-state index contributed by atoms with van der Waals surface area (Å²) in [7, 11) is 1.57. The summed E-state index contributed by atoms with van der Waals surface area (Å²) in [5, 5.41) is 2.94. The second kappa shape index (κ2) is 5.66. The lowest BCUT2D eigenvalue weighted by Crippen LogP contribution is -2.14. The largest absolute Gasteiger partial charge is 0.481 e. The maximum Gasteiger partial charge on any atom is 0.273 e. The van der Waals surface area contributed by atoms with Crippen LogP contribution in [0.15, 0.2) is 65.7 Å². The van der Waals surface area contributed by atoms with Gasteiger partial charge in [0, 0.05) is 41.2 Å². The molecule has 1 aromatic carbocycles. The number of hydrogen-bond acceptors (Lipinski definition) is 4. The molecule has 24 heavy (non-hydrogen) atoms. The molecule has 118 valence electrons. The Labute approximate surface area is 137 Å². The number of ether oxygens (including phenoxy) is 1. The van der Waals surface area contributed by atoms with E-state index in [-0.39, 0.29) is 5.56 Å². The van der Waals surface area contributed by atoms with E-state index < -0.39 is 0 Å². The number of H-pyrrole nitrogens is 1. The van der Waals surface area contributed by atoms with Crippen molar-refractivity contribution in [2.75, 3.05) is 7.11 Å². The van der Waals surface area contributed by atoms with E-state index in [1.165, 1.54) is 10.6 Å². The van der Waals surface area contributed by atoms with Gasteiger partial charge in [-0.2, -0.15) is 0 Å². The zero-order valence-corrected chi connectivity index (χ0v) is 12.9. The smallest absolute Gasteiger partial charge is 0.273 e. The molecular formula is C18H14N4O2. The molecule has 0 saturated carbocycles. The first kappa shape index (κ1) is 14.2. The third kappa shape index (κ3) is 2.34. The number of rotatable bonds is 3. The van der Waals surface area contributed by atoms with Gasteiger partial charge in [0.1, 0.15) is 0 Å². The van der Waals surface area contributed by atoms with Crippen LogP contribution in [0, 0.1) is 0 Å². The molecule has 6 nitrogen and oxygen atoms in total. The third-order valence-corrected chi connectivity index (χ3v) is 3.82. The van der Waals surface area contributed by atoms with Gasteiger partial charge in [0.2, 0.25) is 5.88 Å². The monoisotopic (exact) mass is 318 g/mol. The highest BCUT2D eigenvalue weighted by Gasteiger charge is 2.12. The van der Waals surface area contributed by atoms with Crippen LogP contribution < -0.4 is 10.3 Å². The van der Waals surface area contributed by atoms with Gasteiger partial charge < -0.3 is 4.74 Å². The second-order valence-corrected chi connectivity index (χ2v) is 5.28. The Bertz CT molecular complexity index is 1050. The minimum absolute atomic E-state index is 0.161. The van der Waals surface area contributed by atoms with Crippen molar-refractivity contribution < 1.29 is 4.74 Å². The van der Waals surface area contributed by atoms with Gasteiger partial charge in [-0.1, -0.05) is 30.3 Å². The standard InChI is InChI=1S/C18H14N4O2/c1-24-16-8-7-13(10-19-16)14-11-20-22-17(23)9-15(21-18(14)22)12-5-3-2-4-6-12/h2-11,20H,1H3. The van der Waals surface area contributed by atoms with E-state index in [1.54, 1.807) is 25.6 Å². The highest BCUT2D eigenvalue weighted by Crippen LogP contribution is 2.25. The topological polar surface area (TPSA) is 72.3 Å². The molecule has 0 spiro atoms. The van der Waals surface area contributed by atoms with Crippen LogP contribution in [-0.2, 0) is 0 Å². The van der Waals surface area contributed by atoms with Crippen LogP contribution in [0.4, 0.5) is 0 Å². The summed E-state index contributed by atoms with van der Waals surface area (Å²) in [5.74, 6) is 0.536. The molecule has 6 heteroatoms. The number of pyridine rings is 1. The predicted octanol–water partition coefficient (Wildman–Crippen LogP) is 2.76. The van der Waals surface area contributed by atoms with Crippen molar-refractivity contribution in [2.45, 2.75) is 0 Å². The molecule has 4 rings (SSSR count). The Morgan fingerprint density at radius 3 is 2.62 bits per heavy atom. The lowest BCUT2D eigenvalue weighted by Gasteiger charge is -2.03. The van der Waals surface area contributed by atoms with E-state index in [9.17, 15) is 4.79 Å². The number of hydrogen-bond donors (Lipinski definition) is 1. The van der Waals surface area contributed by atoms with Gasteiger partial charge in [0.25, 0.3) is 5.56 Å². The van der Waals surface area contributed by atoms with Gasteiger partial charge in [-0.15, -0.1) is 0 Å². The Morgan fingerprint density at radius 2 is 1.92 bits per heavy atom. The zero-order chi connectivity index (χ0) is 16.5. The Balaban J connectivity index is 1.91. The number of aromatic amines is 1. The van der Waals surface area contributed by atoms with Gasteiger partial charge in [-0.3, -0.25) is 9.89 Å². The number of fused-ring (bicyclic) bond motifs is 1. The molecule has 1 N–H and O–H groups in total. The highest BCUT2D eigenvalue weighted by molar-refractivity contribution is 5.78. The van der Waals surface area contributed by atoms with Crippen molar-refractivity contribution >= 4 is 5.65 Å². The van der Waals surface area contributed by atoms with E-state index in [1.807, 2.05) is 36.4 Å². The first-order chi connectivity index (χ1) is 11.8. The quantitative estimate of drug-likeness (QED) is 0.630. The SMILES string of the molecule is COc1ccc(-c2c[nH]n3c(=O)cc(-c4ccccc4)nc23)cn1. The maximum atomic E-state index is 12.4. The Morgan fingerprint density at radius 1 is 1.08 bits per heavy atom. The van der Waals surface area contributed by atoms with Crippen LogP contribution in [0.5, 0.6) is 5.88 Å². The summed E-state index contributed by atoms with van der Waals surface area (Å²) in [6.07, 6.45) is 3.45. The summed E-state index contributed by atoms with van der Waals surface area (Å²) in [6, 6.07) is 14.8. The van der Waals surface area contributed by atoms with Crippen molar-refractivity contribution in [2.24, 2.45) is 0 Å². The second-order valence-electron chi connectivity index (χ2n) is 5.28. The van der Waals surface area contributed by atoms with E-state index in [0.717, 1.165) is 16.7 Å². The van der Waals surface area contributed by atoms with Crippen molar-refractivity contribution in [3.63, 3.8) is 0 Å². The molecule has 4 aromatic rings. The molecule has 0 radical (unpaired) electrons. The average molecular weight is 318 g/mol. The van der Waals surface area contributed by atoms with E-state index in [2.05, 4.69) is 15.1 Å². The number of methoxy groups -OCH3 is 1. The number of aromatic nitrogens is 4. The van der Waals surface area contributed by atoms with Crippen molar-refractivity contribution in [1.29, 1.82) is 0 Å². The molecule has 0 unspecified atom stereocenters. The first-order valence-corrected chi connectivity index (χ1v) is 7.43. The minimum atomic E-state index is -0.161. The number of nitrogens with one attached hydrogen (secondary N) is 1. The van der Waals surface area contributed by atoms with E-state index >= 15 is 0 Å². The Hall–Kier alpha value is -3.41. The molecule has 0 bridgehead atoms. The van der Waals surface area contributed by atoms with Crippen molar-refractivity contribution in [3.05, 3.63) is 71.3 Å². The number of nitrogens with zero attached hydrogens (tertiary/aromatic N) is 3. The molecule has 3 heterocycles. The fourth-order valence-corrected chi connectivity index (χ4v) is 2.61. The number of benzene rings is 1. The minimum Gasteiger partial charge on any atom is -0.481 e.